The van der Waals surface area contributed by atoms with Crippen LogP contribution in [0.15, 0.2) is 63.9 Å². The Balaban J connectivity index is 1.41. The van der Waals surface area contributed by atoms with Gasteiger partial charge in [-0.15, -0.1) is 0 Å². The van der Waals surface area contributed by atoms with Gasteiger partial charge in [-0.25, -0.2) is 4.79 Å². The van der Waals surface area contributed by atoms with Gasteiger partial charge in [0.2, 0.25) is 0 Å². The summed E-state index contributed by atoms with van der Waals surface area (Å²) in [5, 5.41) is 8.65. The summed E-state index contributed by atoms with van der Waals surface area (Å²) in [7, 11) is 0. The summed E-state index contributed by atoms with van der Waals surface area (Å²) in [6.45, 7) is 4.26. The van der Waals surface area contributed by atoms with Crippen molar-refractivity contribution in [3.63, 3.8) is 0 Å². The number of aryl methyl sites for hydroxylation is 2. The van der Waals surface area contributed by atoms with Crippen molar-refractivity contribution in [2.75, 3.05) is 13.2 Å². The van der Waals surface area contributed by atoms with Crippen molar-refractivity contribution in [3.8, 4) is 17.1 Å². The molecule has 0 atom stereocenters. The van der Waals surface area contributed by atoms with Gasteiger partial charge >= 0.3 is 5.97 Å². The zero-order chi connectivity index (χ0) is 23.5. The van der Waals surface area contributed by atoms with Crippen LogP contribution >= 0.6 is 11.8 Å². The molecule has 2 amide bonds. The molecule has 1 fully saturated rings. The Bertz CT molecular complexity index is 1260. The lowest BCUT2D eigenvalue weighted by atomic mass is 10.1. The average molecular weight is 464 g/mol. The molecule has 0 spiro atoms. The molecule has 0 saturated carbocycles. The number of carboxylic acids is 1. The maximum atomic E-state index is 12.7. The maximum absolute atomic E-state index is 12.7. The lowest BCUT2D eigenvalue weighted by molar-refractivity contribution is -0.123. The zero-order valence-electron chi connectivity index (χ0n) is 18.0. The molecule has 1 N–H and O–H groups in total. The van der Waals surface area contributed by atoms with Gasteiger partial charge in [0.05, 0.1) is 17.0 Å². The number of ether oxygens (including phenoxy) is 1. The molecular weight excluding hydrogens is 442 g/mol. The monoisotopic (exact) mass is 463 g/mol. The highest BCUT2D eigenvalue weighted by molar-refractivity contribution is 8.18. The third-order valence-electron chi connectivity index (χ3n) is 5.11. The fourth-order valence-corrected chi connectivity index (χ4v) is 4.14. The SMILES string of the molecule is Cc1ccc(C)c(OCCN2C(=O)S/C(=C\c3ccc(-c4ccc(C(=O)O)cc4)o3)C2=O)c1. The second-order valence-corrected chi connectivity index (χ2v) is 8.53. The van der Waals surface area contributed by atoms with Crippen LogP contribution in [0.4, 0.5) is 4.79 Å². The molecule has 7 nitrogen and oxygen atoms in total. The van der Waals surface area contributed by atoms with Gasteiger partial charge in [0, 0.05) is 11.6 Å². The van der Waals surface area contributed by atoms with E-state index in [1.54, 1.807) is 24.3 Å². The van der Waals surface area contributed by atoms with Gasteiger partial charge in [-0.05, 0) is 67.1 Å². The van der Waals surface area contributed by atoms with Gasteiger partial charge in [0.15, 0.2) is 0 Å². The summed E-state index contributed by atoms with van der Waals surface area (Å²) in [4.78, 5) is 37.5. The first-order valence-electron chi connectivity index (χ1n) is 10.2. The first kappa shape index (κ1) is 22.4. The van der Waals surface area contributed by atoms with E-state index < -0.39 is 11.9 Å². The van der Waals surface area contributed by atoms with Crippen LogP contribution in [-0.4, -0.2) is 40.3 Å². The molecule has 2 heterocycles. The number of rotatable bonds is 7. The smallest absolute Gasteiger partial charge is 0.335 e. The predicted octanol–water partition coefficient (Wildman–Crippen LogP) is 5.38. The van der Waals surface area contributed by atoms with Crippen molar-refractivity contribution < 1.29 is 28.6 Å². The highest BCUT2D eigenvalue weighted by atomic mass is 32.2. The van der Waals surface area contributed by atoms with E-state index in [4.69, 9.17) is 14.3 Å². The molecular formula is C25H21NO6S. The van der Waals surface area contributed by atoms with Crippen molar-refractivity contribution in [1.82, 2.24) is 4.90 Å². The van der Waals surface area contributed by atoms with Crippen LogP contribution in [0.3, 0.4) is 0 Å². The van der Waals surface area contributed by atoms with Crippen LogP contribution in [0.2, 0.25) is 0 Å². The minimum absolute atomic E-state index is 0.148. The molecule has 3 aromatic rings. The summed E-state index contributed by atoms with van der Waals surface area (Å²) in [5.74, 6) is 0.288. The molecule has 8 heteroatoms. The molecule has 0 radical (unpaired) electrons. The number of hydrogen-bond acceptors (Lipinski definition) is 6. The van der Waals surface area contributed by atoms with E-state index in [2.05, 4.69) is 0 Å². The van der Waals surface area contributed by atoms with E-state index in [9.17, 15) is 14.4 Å². The molecule has 0 bridgehead atoms. The Kier molecular flexibility index (Phi) is 6.37. The van der Waals surface area contributed by atoms with Crippen molar-refractivity contribution in [2.24, 2.45) is 0 Å². The number of imide groups is 1. The lowest BCUT2D eigenvalue weighted by Crippen LogP contribution is -2.32. The standard InChI is InChI=1S/C25H21NO6S/c1-15-3-4-16(2)21(13-15)31-12-11-26-23(27)22(33-25(26)30)14-19-9-10-20(32-19)17-5-7-18(8-6-17)24(28)29/h3-10,13-14H,11-12H2,1-2H3,(H,28,29)/b22-14-. The Hall–Kier alpha value is -3.78. The molecule has 1 aliphatic heterocycles. The second-order valence-electron chi connectivity index (χ2n) is 7.54. The summed E-state index contributed by atoms with van der Waals surface area (Å²) in [5.41, 5.74) is 2.94. The fourth-order valence-electron chi connectivity index (χ4n) is 3.29. The molecule has 0 aliphatic carbocycles. The van der Waals surface area contributed by atoms with E-state index in [1.807, 2.05) is 32.0 Å². The molecule has 4 rings (SSSR count). The van der Waals surface area contributed by atoms with E-state index in [1.165, 1.54) is 18.2 Å². The van der Waals surface area contributed by atoms with Crippen LogP contribution in [-0.2, 0) is 4.79 Å². The van der Waals surface area contributed by atoms with Crippen molar-refractivity contribution in [2.45, 2.75) is 13.8 Å². The first-order chi connectivity index (χ1) is 15.8. The Morgan fingerprint density at radius 3 is 2.58 bits per heavy atom. The Morgan fingerprint density at radius 2 is 1.85 bits per heavy atom. The van der Waals surface area contributed by atoms with Crippen LogP contribution in [0.1, 0.15) is 27.2 Å². The van der Waals surface area contributed by atoms with Gasteiger partial charge in [0.1, 0.15) is 23.9 Å². The third kappa shape index (κ3) is 5.01. The van der Waals surface area contributed by atoms with Crippen LogP contribution < -0.4 is 4.74 Å². The summed E-state index contributed by atoms with van der Waals surface area (Å²) in [6, 6.07) is 15.6. The predicted molar refractivity (Wildman–Crippen MR) is 125 cm³/mol. The molecule has 1 aliphatic rings. The van der Waals surface area contributed by atoms with E-state index in [0.717, 1.165) is 33.5 Å². The summed E-state index contributed by atoms with van der Waals surface area (Å²) in [6.07, 6.45) is 1.53. The topological polar surface area (TPSA) is 97.1 Å². The highest BCUT2D eigenvalue weighted by Gasteiger charge is 2.35. The number of hydrogen-bond donors (Lipinski definition) is 1. The maximum Gasteiger partial charge on any atom is 0.335 e. The number of carbonyl (C=O) groups excluding carboxylic acids is 2. The van der Waals surface area contributed by atoms with Gasteiger partial charge in [-0.2, -0.15) is 0 Å². The fraction of sp³-hybridized carbons (Fsp3) is 0.160. The number of benzene rings is 2. The number of thioether (sulfide) groups is 1. The van der Waals surface area contributed by atoms with Gasteiger partial charge in [0.25, 0.3) is 11.1 Å². The number of carbonyl (C=O) groups is 3. The molecule has 1 saturated heterocycles. The van der Waals surface area contributed by atoms with Gasteiger partial charge in [-0.3, -0.25) is 14.5 Å². The number of amides is 2. The van der Waals surface area contributed by atoms with Crippen molar-refractivity contribution >= 4 is 35.0 Å². The molecule has 168 valence electrons. The van der Waals surface area contributed by atoms with E-state index >= 15 is 0 Å². The van der Waals surface area contributed by atoms with Crippen molar-refractivity contribution in [3.05, 3.63) is 82.0 Å². The second kappa shape index (κ2) is 9.38. The largest absolute Gasteiger partial charge is 0.491 e. The lowest BCUT2D eigenvalue weighted by Gasteiger charge is -2.14. The number of furan rings is 1. The van der Waals surface area contributed by atoms with Gasteiger partial charge in [-0.1, -0.05) is 24.3 Å². The van der Waals surface area contributed by atoms with Gasteiger partial charge < -0.3 is 14.3 Å². The summed E-state index contributed by atoms with van der Waals surface area (Å²) < 4.78 is 11.5. The number of carboxylic acid groups (broad SMARTS) is 1. The molecule has 1 aromatic heterocycles. The minimum Gasteiger partial charge on any atom is -0.491 e. The normalized spacial score (nSPS) is 14.8. The molecule has 33 heavy (non-hydrogen) atoms. The van der Waals surface area contributed by atoms with E-state index in [-0.39, 0.29) is 28.9 Å². The Labute approximate surface area is 194 Å². The minimum atomic E-state index is -1.00. The zero-order valence-corrected chi connectivity index (χ0v) is 18.8. The molecule has 2 aromatic carbocycles. The average Bonchev–Trinajstić information content (AvgIpc) is 3.36. The van der Waals surface area contributed by atoms with E-state index in [0.29, 0.717) is 17.1 Å². The third-order valence-corrected chi connectivity index (χ3v) is 6.01. The Morgan fingerprint density at radius 1 is 1.09 bits per heavy atom. The number of nitrogens with zero attached hydrogens (tertiary/aromatic N) is 1. The molecule has 0 unspecified atom stereocenters. The first-order valence-corrected chi connectivity index (χ1v) is 11.0. The number of aromatic carboxylic acids is 1. The highest BCUT2D eigenvalue weighted by Crippen LogP contribution is 2.33. The summed E-state index contributed by atoms with van der Waals surface area (Å²) >= 11 is 0.856. The van der Waals surface area contributed by atoms with Crippen LogP contribution in [0.5, 0.6) is 5.75 Å². The van der Waals surface area contributed by atoms with Crippen LogP contribution in [0, 0.1) is 13.8 Å². The van der Waals surface area contributed by atoms with Crippen molar-refractivity contribution in [1.29, 1.82) is 0 Å². The quantitative estimate of drug-likeness (QED) is 0.470. The van der Waals surface area contributed by atoms with Crippen LogP contribution in [0.25, 0.3) is 17.4 Å².